The summed E-state index contributed by atoms with van der Waals surface area (Å²) in [5.41, 5.74) is 3.28. The number of carboxylic acid groups (broad SMARTS) is 1. The standard InChI is InChI=1S/C29H28N4O6S/c1-39-26-12-9-23(17-27(26)40(37,38)33-25(18-28(34)35)22-5-3-2-4-6-22)21-7-10-24(11-8-21)32-29(36)31-19-20-13-15-30-16-14-20/h2-17,25,33H,18-19H2,1H3,(H,34,35)(H2,31,32,36). The van der Waals surface area contributed by atoms with E-state index in [1.165, 1.54) is 19.2 Å². The van der Waals surface area contributed by atoms with E-state index in [2.05, 4.69) is 20.3 Å². The number of methoxy groups -OCH3 is 1. The van der Waals surface area contributed by atoms with E-state index in [4.69, 9.17) is 4.74 Å². The molecule has 4 N–H and O–H groups in total. The molecule has 4 rings (SSSR count). The zero-order valence-electron chi connectivity index (χ0n) is 21.6. The Morgan fingerprint density at radius 2 is 1.60 bits per heavy atom. The van der Waals surface area contributed by atoms with Gasteiger partial charge in [0, 0.05) is 24.6 Å². The number of nitrogens with one attached hydrogen (secondary N) is 3. The van der Waals surface area contributed by atoms with Gasteiger partial charge in [0.15, 0.2) is 0 Å². The summed E-state index contributed by atoms with van der Waals surface area (Å²) in [5, 5.41) is 14.9. The molecule has 10 nitrogen and oxygen atoms in total. The second-order valence-electron chi connectivity index (χ2n) is 8.79. The molecule has 1 heterocycles. The third-order valence-electron chi connectivity index (χ3n) is 6.01. The van der Waals surface area contributed by atoms with Crippen LogP contribution in [-0.2, 0) is 21.4 Å². The minimum atomic E-state index is -4.19. The molecule has 4 aromatic rings. The fourth-order valence-electron chi connectivity index (χ4n) is 4.01. The summed E-state index contributed by atoms with van der Waals surface area (Å²) in [4.78, 5) is 27.5. The van der Waals surface area contributed by atoms with Gasteiger partial charge in [0.1, 0.15) is 10.6 Å². The minimum Gasteiger partial charge on any atom is -0.495 e. The molecular formula is C29H28N4O6S. The predicted octanol–water partition coefficient (Wildman–Crippen LogP) is 4.57. The van der Waals surface area contributed by atoms with Crippen LogP contribution in [0.15, 0.2) is 102 Å². The number of pyridine rings is 1. The first-order valence-electron chi connectivity index (χ1n) is 12.3. The van der Waals surface area contributed by atoms with Gasteiger partial charge in [-0.05, 0) is 58.7 Å². The lowest BCUT2D eigenvalue weighted by molar-refractivity contribution is -0.137. The number of urea groups is 1. The fourth-order valence-corrected chi connectivity index (χ4v) is 5.43. The highest BCUT2D eigenvalue weighted by molar-refractivity contribution is 7.89. The van der Waals surface area contributed by atoms with Crippen LogP contribution >= 0.6 is 0 Å². The molecule has 11 heteroatoms. The summed E-state index contributed by atoms with van der Waals surface area (Å²) < 4.78 is 34.8. The Morgan fingerprint density at radius 1 is 0.925 bits per heavy atom. The number of aliphatic carboxylic acids is 1. The van der Waals surface area contributed by atoms with Crippen molar-refractivity contribution >= 4 is 27.7 Å². The number of aromatic nitrogens is 1. The van der Waals surface area contributed by atoms with Crippen LogP contribution in [-0.4, -0.2) is 37.6 Å². The quantitative estimate of drug-likeness (QED) is 0.210. The van der Waals surface area contributed by atoms with E-state index in [9.17, 15) is 23.1 Å². The highest BCUT2D eigenvalue weighted by Crippen LogP contribution is 2.32. The number of rotatable bonds is 11. The predicted molar refractivity (Wildman–Crippen MR) is 150 cm³/mol. The van der Waals surface area contributed by atoms with E-state index in [0.29, 0.717) is 28.9 Å². The molecule has 0 aliphatic heterocycles. The van der Waals surface area contributed by atoms with Crippen molar-refractivity contribution < 1.29 is 27.9 Å². The van der Waals surface area contributed by atoms with Gasteiger partial charge in [-0.3, -0.25) is 9.78 Å². The molecule has 0 bridgehead atoms. The first-order chi connectivity index (χ1) is 19.2. The van der Waals surface area contributed by atoms with Crippen LogP contribution in [0, 0.1) is 0 Å². The van der Waals surface area contributed by atoms with E-state index >= 15 is 0 Å². The first-order valence-corrected chi connectivity index (χ1v) is 13.7. The molecule has 0 fully saturated rings. The van der Waals surface area contributed by atoms with Crippen LogP contribution in [0.1, 0.15) is 23.6 Å². The maximum Gasteiger partial charge on any atom is 0.319 e. The van der Waals surface area contributed by atoms with Gasteiger partial charge < -0.3 is 20.5 Å². The number of hydrogen-bond donors (Lipinski definition) is 4. The number of anilines is 1. The summed E-state index contributed by atoms with van der Waals surface area (Å²) in [5.74, 6) is -1.03. The van der Waals surface area contributed by atoms with E-state index in [1.54, 1.807) is 73.1 Å². The Hall–Kier alpha value is -4.74. The third kappa shape index (κ3) is 7.43. The number of hydrogen-bond acceptors (Lipinski definition) is 6. The molecular weight excluding hydrogens is 532 g/mol. The number of carboxylic acids is 1. The Labute approximate surface area is 232 Å². The van der Waals surface area contributed by atoms with Gasteiger partial charge in [-0.1, -0.05) is 48.5 Å². The third-order valence-corrected chi connectivity index (χ3v) is 7.50. The molecule has 1 aromatic heterocycles. The van der Waals surface area contributed by atoms with Crippen LogP contribution < -0.4 is 20.1 Å². The summed E-state index contributed by atoms with van der Waals surface area (Å²) >= 11 is 0. The molecule has 0 radical (unpaired) electrons. The highest BCUT2D eigenvalue weighted by Gasteiger charge is 2.26. The van der Waals surface area contributed by atoms with Crippen molar-refractivity contribution in [3.8, 4) is 16.9 Å². The number of ether oxygens (including phenoxy) is 1. The lowest BCUT2D eigenvalue weighted by atomic mass is 10.1. The molecule has 2 amide bonds. The van der Waals surface area contributed by atoms with Gasteiger partial charge >= 0.3 is 12.0 Å². The van der Waals surface area contributed by atoms with Crippen LogP contribution in [0.25, 0.3) is 11.1 Å². The molecule has 1 atom stereocenters. The van der Waals surface area contributed by atoms with E-state index in [0.717, 1.165) is 5.56 Å². The Morgan fingerprint density at radius 3 is 2.25 bits per heavy atom. The SMILES string of the molecule is COc1ccc(-c2ccc(NC(=O)NCc3ccncc3)cc2)cc1S(=O)(=O)NC(CC(=O)O)c1ccccc1. The van der Waals surface area contributed by atoms with Gasteiger partial charge in [0.05, 0.1) is 19.6 Å². The van der Waals surface area contributed by atoms with Crippen molar-refractivity contribution in [3.63, 3.8) is 0 Å². The molecule has 0 aliphatic carbocycles. The van der Waals surface area contributed by atoms with E-state index in [1.807, 2.05) is 12.1 Å². The molecule has 0 saturated heterocycles. The monoisotopic (exact) mass is 560 g/mol. The van der Waals surface area contributed by atoms with Crippen molar-refractivity contribution in [1.29, 1.82) is 0 Å². The number of carbonyl (C=O) groups is 2. The summed E-state index contributed by atoms with van der Waals surface area (Å²) in [7, 11) is -2.83. The Balaban J connectivity index is 1.52. The van der Waals surface area contributed by atoms with Crippen molar-refractivity contribution in [2.24, 2.45) is 0 Å². The molecule has 0 saturated carbocycles. The second-order valence-corrected chi connectivity index (χ2v) is 10.5. The zero-order valence-corrected chi connectivity index (χ0v) is 22.4. The molecule has 40 heavy (non-hydrogen) atoms. The molecule has 206 valence electrons. The van der Waals surface area contributed by atoms with E-state index in [-0.39, 0.29) is 16.7 Å². The molecule has 0 aliphatic rings. The summed E-state index contributed by atoms with van der Waals surface area (Å²) in [6.07, 6.45) is 2.87. The van der Waals surface area contributed by atoms with Gasteiger partial charge in [0.2, 0.25) is 10.0 Å². The number of carbonyl (C=O) groups excluding carboxylic acids is 1. The van der Waals surface area contributed by atoms with Gasteiger partial charge in [-0.2, -0.15) is 0 Å². The molecule has 3 aromatic carbocycles. The van der Waals surface area contributed by atoms with E-state index < -0.39 is 28.5 Å². The Kier molecular flexibility index (Phi) is 9.10. The smallest absolute Gasteiger partial charge is 0.319 e. The number of nitrogens with zero attached hydrogens (tertiary/aromatic N) is 1. The Bertz CT molecular complexity index is 1560. The average Bonchev–Trinajstić information content (AvgIpc) is 2.96. The van der Waals surface area contributed by atoms with Crippen LogP contribution in [0.2, 0.25) is 0 Å². The van der Waals surface area contributed by atoms with Crippen molar-refractivity contribution in [3.05, 3.63) is 108 Å². The summed E-state index contributed by atoms with van der Waals surface area (Å²) in [6, 6.07) is 22.4. The maximum atomic E-state index is 13.5. The lowest BCUT2D eigenvalue weighted by Crippen LogP contribution is -2.30. The largest absolute Gasteiger partial charge is 0.495 e. The van der Waals surface area contributed by atoms with Crippen molar-refractivity contribution in [2.75, 3.05) is 12.4 Å². The molecule has 0 spiro atoms. The number of benzene rings is 3. The second kappa shape index (κ2) is 12.9. The van der Waals surface area contributed by atoms with Crippen LogP contribution in [0.3, 0.4) is 0 Å². The topological polar surface area (TPSA) is 147 Å². The minimum absolute atomic E-state index is 0.113. The average molecular weight is 561 g/mol. The van der Waals surface area contributed by atoms with Crippen molar-refractivity contribution in [1.82, 2.24) is 15.0 Å². The number of sulfonamides is 1. The number of amides is 2. The first kappa shape index (κ1) is 28.3. The van der Waals surface area contributed by atoms with Gasteiger partial charge in [0.25, 0.3) is 0 Å². The zero-order chi connectivity index (χ0) is 28.5. The van der Waals surface area contributed by atoms with Gasteiger partial charge in [-0.15, -0.1) is 0 Å². The normalized spacial score (nSPS) is 11.8. The molecule has 1 unspecified atom stereocenters. The van der Waals surface area contributed by atoms with Crippen molar-refractivity contribution in [2.45, 2.75) is 23.9 Å². The van der Waals surface area contributed by atoms with Crippen LogP contribution in [0.5, 0.6) is 5.75 Å². The maximum absolute atomic E-state index is 13.5. The van der Waals surface area contributed by atoms with Gasteiger partial charge in [-0.25, -0.2) is 17.9 Å². The summed E-state index contributed by atoms with van der Waals surface area (Å²) in [6.45, 7) is 0.348. The lowest BCUT2D eigenvalue weighted by Gasteiger charge is -2.19. The van der Waals surface area contributed by atoms with Crippen LogP contribution in [0.4, 0.5) is 10.5 Å². The fraction of sp³-hybridized carbons (Fsp3) is 0.138. The highest BCUT2D eigenvalue weighted by atomic mass is 32.2.